The molecule has 0 aromatic heterocycles. The van der Waals surface area contributed by atoms with E-state index in [4.69, 9.17) is 9.73 Å². The molecule has 0 atom stereocenters. The number of hydrogen-bond donors (Lipinski definition) is 1. The molecule has 1 aromatic rings. The van der Waals surface area contributed by atoms with Crippen molar-refractivity contribution >= 4 is 15.9 Å². The van der Waals surface area contributed by atoms with Crippen molar-refractivity contribution in [2.24, 2.45) is 4.99 Å². The van der Waals surface area contributed by atoms with Crippen LogP contribution >= 0.6 is 0 Å². The van der Waals surface area contributed by atoms with Gasteiger partial charge < -0.3 is 4.74 Å². The fourth-order valence-corrected chi connectivity index (χ4v) is 5.55. The number of rotatable bonds is 3. The van der Waals surface area contributed by atoms with Crippen molar-refractivity contribution in [3.63, 3.8) is 0 Å². The zero-order valence-electron chi connectivity index (χ0n) is 14.4. The van der Waals surface area contributed by atoms with Crippen molar-refractivity contribution in [1.29, 1.82) is 0 Å². The van der Waals surface area contributed by atoms with Gasteiger partial charge in [0.2, 0.25) is 0 Å². The first-order valence-corrected chi connectivity index (χ1v) is 10.6. The Kier molecular flexibility index (Phi) is 4.56. The lowest BCUT2D eigenvalue weighted by molar-refractivity contribution is -0.0333. The Morgan fingerprint density at radius 1 is 1.12 bits per heavy atom. The standard InChI is InChI=1S/C18H25N3O3S/c22-25(23)16-7-3-2-6-15(16)17(20-25)19-14-18(8-4-1-5-9-18)21-10-12-24-13-11-21/h2-3,6-7H,1,4-5,8-14H2,(H,19,20). The molecule has 1 saturated heterocycles. The number of ether oxygens (including phenoxy) is 1. The second-order valence-corrected chi connectivity index (χ2v) is 8.80. The molecule has 4 rings (SSSR count). The average molecular weight is 363 g/mol. The summed E-state index contributed by atoms with van der Waals surface area (Å²) in [7, 11) is -3.47. The number of amidine groups is 1. The van der Waals surface area contributed by atoms with Gasteiger partial charge in [-0.25, -0.2) is 8.42 Å². The van der Waals surface area contributed by atoms with Gasteiger partial charge in [-0.2, -0.15) is 0 Å². The van der Waals surface area contributed by atoms with Gasteiger partial charge in [-0.3, -0.25) is 14.6 Å². The number of sulfonamides is 1. The van der Waals surface area contributed by atoms with E-state index < -0.39 is 10.0 Å². The molecular weight excluding hydrogens is 338 g/mol. The van der Waals surface area contributed by atoms with E-state index in [-0.39, 0.29) is 5.54 Å². The largest absolute Gasteiger partial charge is 0.379 e. The molecule has 2 aliphatic heterocycles. The van der Waals surface area contributed by atoms with Gasteiger partial charge in [-0.15, -0.1) is 0 Å². The van der Waals surface area contributed by atoms with Gasteiger partial charge in [-0.05, 0) is 25.0 Å². The Bertz CT molecular complexity index is 764. The highest BCUT2D eigenvalue weighted by molar-refractivity contribution is 7.90. The van der Waals surface area contributed by atoms with Crippen LogP contribution in [0.2, 0.25) is 0 Å². The number of fused-ring (bicyclic) bond motifs is 1. The molecule has 0 amide bonds. The summed E-state index contributed by atoms with van der Waals surface area (Å²) in [6, 6.07) is 7.07. The topological polar surface area (TPSA) is 71.0 Å². The molecule has 2 heterocycles. The van der Waals surface area contributed by atoms with Crippen LogP contribution in [0.1, 0.15) is 37.7 Å². The van der Waals surface area contributed by atoms with Gasteiger partial charge in [-0.1, -0.05) is 31.4 Å². The third-order valence-corrected chi connectivity index (χ3v) is 7.06. The highest BCUT2D eigenvalue weighted by Crippen LogP contribution is 2.35. The van der Waals surface area contributed by atoms with E-state index in [2.05, 4.69) is 9.62 Å². The normalized spacial score (nSPS) is 27.0. The predicted molar refractivity (Wildman–Crippen MR) is 96.4 cm³/mol. The molecule has 3 aliphatic rings. The molecule has 1 aromatic carbocycles. The SMILES string of the molecule is O=S1(=O)NC(=NCC2(N3CCOCC3)CCCCC2)c2ccccc21. The maximum Gasteiger partial charge on any atom is 0.263 e. The van der Waals surface area contributed by atoms with Crippen LogP contribution < -0.4 is 4.72 Å². The van der Waals surface area contributed by atoms with E-state index in [0.29, 0.717) is 22.8 Å². The quantitative estimate of drug-likeness (QED) is 0.888. The molecule has 0 unspecified atom stereocenters. The van der Waals surface area contributed by atoms with Crippen LogP contribution in [-0.4, -0.2) is 57.5 Å². The van der Waals surface area contributed by atoms with E-state index in [1.807, 2.05) is 12.1 Å². The van der Waals surface area contributed by atoms with Crippen LogP contribution in [-0.2, 0) is 14.8 Å². The lowest BCUT2D eigenvalue weighted by Crippen LogP contribution is -2.56. The summed E-state index contributed by atoms with van der Waals surface area (Å²) in [6.45, 7) is 4.06. The number of nitrogens with one attached hydrogen (secondary N) is 1. The Hall–Kier alpha value is -1.44. The number of morpholine rings is 1. The van der Waals surface area contributed by atoms with Crippen molar-refractivity contribution in [3.8, 4) is 0 Å². The number of hydrogen-bond acceptors (Lipinski definition) is 5. The second kappa shape index (κ2) is 6.70. The van der Waals surface area contributed by atoms with Crippen LogP contribution in [0.15, 0.2) is 34.2 Å². The fraction of sp³-hybridized carbons (Fsp3) is 0.611. The molecule has 7 heteroatoms. The van der Waals surface area contributed by atoms with Gasteiger partial charge in [0.1, 0.15) is 5.84 Å². The lowest BCUT2D eigenvalue weighted by atomic mass is 9.80. The molecule has 2 fully saturated rings. The van der Waals surface area contributed by atoms with Crippen LogP contribution in [0.25, 0.3) is 0 Å². The Morgan fingerprint density at radius 2 is 1.84 bits per heavy atom. The minimum atomic E-state index is -3.47. The number of nitrogens with zero attached hydrogens (tertiary/aromatic N) is 2. The van der Waals surface area contributed by atoms with Crippen LogP contribution in [0.4, 0.5) is 0 Å². The molecule has 25 heavy (non-hydrogen) atoms. The minimum absolute atomic E-state index is 0.0397. The molecule has 0 spiro atoms. The number of aliphatic imine (C=N–C) groups is 1. The third-order valence-electron chi connectivity index (χ3n) is 5.66. The molecule has 6 nitrogen and oxygen atoms in total. The van der Waals surface area contributed by atoms with Gasteiger partial charge in [0.05, 0.1) is 24.7 Å². The molecule has 136 valence electrons. The summed E-state index contributed by atoms with van der Waals surface area (Å²) in [5.41, 5.74) is 0.730. The van der Waals surface area contributed by atoms with Crippen molar-refractivity contribution < 1.29 is 13.2 Å². The average Bonchev–Trinajstić information content (AvgIpc) is 2.92. The van der Waals surface area contributed by atoms with Gasteiger partial charge >= 0.3 is 0 Å². The second-order valence-electron chi connectivity index (χ2n) is 7.15. The third kappa shape index (κ3) is 3.20. The zero-order valence-corrected chi connectivity index (χ0v) is 15.2. The van der Waals surface area contributed by atoms with Crippen LogP contribution in [0.3, 0.4) is 0 Å². The summed E-state index contributed by atoms with van der Waals surface area (Å²) in [5.74, 6) is 0.494. The molecule has 1 N–H and O–H groups in total. The van der Waals surface area contributed by atoms with E-state index in [1.165, 1.54) is 19.3 Å². The smallest absolute Gasteiger partial charge is 0.263 e. The summed E-state index contributed by atoms with van der Waals surface area (Å²) in [6.07, 6.45) is 5.95. The van der Waals surface area contributed by atoms with E-state index in [1.54, 1.807) is 12.1 Å². The van der Waals surface area contributed by atoms with E-state index >= 15 is 0 Å². The Morgan fingerprint density at radius 3 is 2.60 bits per heavy atom. The summed E-state index contributed by atoms with van der Waals surface area (Å²) < 4.78 is 32.7. The molecule has 1 saturated carbocycles. The Balaban J connectivity index is 1.62. The Labute approximate surface area is 149 Å². The maximum absolute atomic E-state index is 12.3. The molecule has 0 radical (unpaired) electrons. The summed E-state index contributed by atoms with van der Waals surface area (Å²) in [4.78, 5) is 7.63. The van der Waals surface area contributed by atoms with Crippen molar-refractivity contribution in [1.82, 2.24) is 9.62 Å². The molecular formula is C18H25N3O3S. The highest BCUT2D eigenvalue weighted by atomic mass is 32.2. The van der Waals surface area contributed by atoms with E-state index in [9.17, 15) is 8.42 Å². The first kappa shape index (κ1) is 17.0. The highest BCUT2D eigenvalue weighted by Gasteiger charge is 2.39. The lowest BCUT2D eigenvalue weighted by Gasteiger charge is -2.47. The van der Waals surface area contributed by atoms with Crippen LogP contribution in [0, 0.1) is 0 Å². The summed E-state index contributed by atoms with van der Waals surface area (Å²) >= 11 is 0. The van der Waals surface area contributed by atoms with Gasteiger partial charge in [0.15, 0.2) is 0 Å². The monoisotopic (exact) mass is 363 g/mol. The summed E-state index contributed by atoms with van der Waals surface area (Å²) in [5, 5.41) is 0. The van der Waals surface area contributed by atoms with Crippen LogP contribution in [0.5, 0.6) is 0 Å². The van der Waals surface area contributed by atoms with E-state index in [0.717, 1.165) is 39.1 Å². The predicted octanol–water partition coefficient (Wildman–Crippen LogP) is 1.76. The zero-order chi connectivity index (χ0) is 17.3. The first-order chi connectivity index (χ1) is 12.1. The van der Waals surface area contributed by atoms with Crippen molar-refractivity contribution in [2.45, 2.75) is 42.5 Å². The van der Waals surface area contributed by atoms with Crippen molar-refractivity contribution in [2.75, 3.05) is 32.8 Å². The van der Waals surface area contributed by atoms with Crippen molar-refractivity contribution in [3.05, 3.63) is 29.8 Å². The number of benzene rings is 1. The van der Waals surface area contributed by atoms with Gasteiger partial charge in [0, 0.05) is 24.2 Å². The fourth-order valence-electron chi connectivity index (χ4n) is 4.30. The molecule has 0 bridgehead atoms. The first-order valence-electron chi connectivity index (χ1n) is 9.10. The maximum atomic E-state index is 12.3. The molecule has 1 aliphatic carbocycles. The minimum Gasteiger partial charge on any atom is -0.379 e. The van der Waals surface area contributed by atoms with Gasteiger partial charge in [0.25, 0.3) is 10.0 Å².